The molecule has 14 rings (SSSR count). The van der Waals surface area contributed by atoms with Crippen LogP contribution in [0.3, 0.4) is 0 Å². The van der Waals surface area contributed by atoms with Gasteiger partial charge >= 0.3 is 6.18 Å². The maximum absolute atomic E-state index is 13.4. The summed E-state index contributed by atoms with van der Waals surface area (Å²) >= 11 is 13.2. The van der Waals surface area contributed by atoms with E-state index in [0.29, 0.717) is 70.3 Å². The first-order valence-electron chi connectivity index (χ1n) is 28.2. The number of carbonyl (C=O) groups excluding carboxylic acids is 7. The van der Waals surface area contributed by atoms with Crippen molar-refractivity contribution >= 4 is 110 Å². The van der Waals surface area contributed by atoms with Crippen LogP contribution in [-0.2, 0) is 36.8 Å². The van der Waals surface area contributed by atoms with Crippen LogP contribution in [0, 0.1) is 10.8 Å². The maximum Gasteiger partial charge on any atom is 0.401 e. The van der Waals surface area contributed by atoms with E-state index in [-0.39, 0.29) is 68.0 Å². The van der Waals surface area contributed by atoms with Crippen molar-refractivity contribution in [3.8, 4) is 0 Å². The summed E-state index contributed by atoms with van der Waals surface area (Å²) in [7, 11) is 0. The average molecular weight is 1200 g/mol. The third-order valence-electron chi connectivity index (χ3n) is 17.9. The van der Waals surface area contributed by atoms with Crippen LogP contribution in [0.1, 0.15) is 139 Å². The Balaban J connectivity index is 0.000000150. The van der Waals surface area contributed by atoms with E-state index >= 15 is 0 Å². The number of aldehydes is 1. The van der Waals surface area contributed by atoms with Gasteiger partial charge in [0.15, 0.2) is 10.3 Å². The molecule has 2 unspecified atom stereocenters. The molecular formula is C60H62Cl3F3N10O7. The summed E-state index contributed by atoms with van der Waals surface area (Å²) in [6.07, 6.45) is 8.96. The highest BCUT2D eigenvalue weighted by molar-refractivity contribution is 6.31. The Kier molecular flexibility index (Phi) is 15.9. The molecule has 2 aliphatic carbocycles. The molecule has 0 bridgehead atoms. The number of aromatic nitrogens is 4. The number of imide groups is 2. The van der Waals surface area contributed by atoms with Crippen LogP contribution in [0.5, 0.6) is 0 Å². The van der Waals surface area contributed by atoms with Gasteiger partial charge in [-0.25, -0.2) is 0 Å². The number of benzene rings is 4. The number of halogens is 6. The van der Waals surface area contributed by atoms with Crippen molar-refractivity contribution in [2.45, 2.75) is 127 Å². The molecule has 3 N–H and O–H groups in total. The molecule has 8 heterocycles. The second-order valence-corrected chi connectivity index (χ2v) is 24.2. The van der Waals surface area contributed by atoms with E-state index in [1.54, 1.807) is 15.9 Å². The Hall–Kier alpha value is -6.71. The number of hydrogen-bond donors (Lipinski definition) is 3. The summed E-state index contributed by atoms with van der Waals surface area (Å²) in [5, 5.41) is 22.0. The van der Waals surface area contributed by atoms with Crippen molar-refractivity contribution in [2.75, 3.05) is 42.5 Å². The van der Waals surface area contributed by atoms with Crippen molar-refractivity contribution in [3.05, 3.63) is 117 Å². The minimum absolute atomic E-state index is 0. The lowest BCUT2D eigenvalue weighted by atomic mass is 9.97. The molecule has 2 saturated carbocycles. The number of nitrogens with zero attached hydrogens (tertiary/aromatic N) is 7. The topological polar surface area (TPSA) is 201 Å². The highest BCUT2D eigenvalue weighted by Crippen LogP contribution is 2.56. The van der Waals surface area contributed by atoms with Gasteiger partial charge in [0.1, 0.15) is 23.8 Å². The van der Waals surface area contributed by atoms with E-state index in [0.717, 1.165) is 101 Å². The summed E-state index contributed by atoms with van der Waals surface area (Å²) in [6.45, 7) is 7.74. The zero-order chi connectivity index (χ0) is 57.4. The highest BCUT2D eigenvalue weighted by atomic mass is 35.5. The molecule has 2 aromatic heterocycles. The molecule has 23 heteroatoms. The number of rotatable bonds is 11. The standard InChI is InChI=1S/C30H32ClN5O3.C25H24ClN5O3.C5H5F3O.ClH/c1-30(11-12-30)17-34-13-9-20(10-14-34)35-16-19(27(31)33-35)15-18-5-6-23-26-21(18)3-2-4-22(26)29(39)36(23)24-7-8-25(37)32-28(24)38;26-23-15(13-30(29-23)16-8-10-27-11-9-16)12-14-4-5-19-22-17(14)2-1-3-18(22)25(34)31(19)20-6-7-21(32)28-24(20)33;6-5(7,8)4(3-9)1-2-4;/h2-6,16,20,24H,7-15,17H2,1H3,(H,32,37,38);1-5,13,16,20,27H,6-12H2,(H,28,32,33);3H,1-2H2;1H. The summed E-state index contributed by atoms with van der Waals surface area (Å²) in [4.78, 5) is 90.7. The van der Waals surface area contributed by atoms with Crippen LogP contribution in [0.15, 0.2) is 73.1 Å². The zero-order valence-corrected chi connectivity index (χ0v) is 47.9. The second-order valence-electron chi connectivity index (χ2n) is 23.5. The van der Waals surface area contributed by atoms with Gasteiger partial charge in [0.05, 0.1) is 23.5 Å². The Morgan fingerprint density at radius 3 is 1.48 bits per heavy atom. The molecule has 8 aliphatic rings. The van der Waals surface area contributed by atoms with Crippen molar-refractivity contribution < 1.29 is 46.7 Å². The predicted molar refractivity (Wildman–Crippen MR) is 308 cm³/mol. The number of likely N-dealkylation sites (tertiary alicyclic amines) is 1. The lowest BCUT2D eigenvalue weighted by Crippen LogP contribution is -2.53. The van der Waals surface area contributed by atoms with Gasteiger partial charge in [-0.3, -0.25) is 58.6 Å². The van der Waals surface area contributed by atoms with Gasteiger partial charge in [0.25, 0.3) is 11.8 Å². The largest absolute Gasteiger partial charge is 0.401 e. The summed E-state index contributed by atoms with van der Waals surface area (Å²) in [5.74, 6) is -1.84. The molecule has 2 atom stereocenters. The number of alkyl halides is 3. The predicted octanol–water partition coefficient (Wildman–Crippen LogP) is 9.40. The first kappa shape index (κ1) is 58.1. The number of amides is 6. The molecule has 6 fully saturated rings. The molecule has 0 radical (unpaired) electrons. The van der Waals surface area contributed by atoms with E-state index < -0.39 is 35.5 Å². The van der Waals surface area contributed by atoms with Gasteiger partial charge < -0.3 is 15.0 Å². The molecule has 0 spiro atoms. The molecular weight excluding hydrogens is 1140 g/mol. The van der Waals surface area contributed by atoms with Gasteiger partial charge in [0, 0.05) is 90.7 Å². The Morgan fingerprint density at radius 2 is 1.08 bits per heavy atom. The van der Waals surface area contributed by atoms with Crippen LogP contribution in [0.2, 0.25) is 10.3 Å². The maximum atomic E-state index is 13.4. The molecule has 4 saturated heterocycles. The van der Waals surface area contributed by atoms with Crippen LogP contribution in [0.25, 0.3) is 21.5 Å². The van der Waals surface area contributed by atoms with Crippen molar-refractivity contribution in [3.63, 3.8) is 0 Å². The first-order valence-corrected chi connectivity index (χ1v) is 28.9. The van der Waals surface area contributed by atoms with Crippen LogP contribution < -0.4 is 25.8 Å². The number of carbonyl (C=O) groups is 7. The molecule has 6 aromatic rings. The molecule has 6 amide bonds. The third kappa shape index (κ3) is 11.2. The van der Waals surface area contributed by atoms with E-state index in [9.17, 15) is 46.7 Å². The Labute approximate surface area is 492 Å². The Bertz CT molecular complexity index is 3620. The lowest BCUT2D eigenvalue weighted by Gasteiger charge is -2.33. The first-order chi connectivity index (χ1) is 39.3. The van der Waals surface area contributed by atoms with E-state index in [1.807, 2.05) is 65.5 Å². The van der Waals surface area contributed by atoms with E-state index in [2.05, 4.69) is 43.8 Å². The SMILES string of the molecule is CC1(CN2CCC(n3cc(Cc4ccc5c6c(cccc46)C(=O)N5C4CCC(=O)NC4=O)c(Cl)n3)CC2)CC1.Cl.O=C1CCC(N2C(=O)c3cccc4c(Cc5cn(C6CCNCC6)nc5Cl)ccc2c34)C(=O)N1.O=CC1(C(F)(F)F)CC1. The molecule has 436 valence electrons. The molecule has 17 nitrogen and oxygen atoms in total. The van der Waals surface area contributed by atoms with Crippen LogP contribution >= 0.6 is 35.6 Å². The molecule has 4 aromatic carbocycles. The highest BCUT2D eigenvalue weighted by Gasteiger charge is 2.63. The van der Waals surface area contributed by atoms with Crippen molar-refractivity contribution in [1.29, 1.82) is 0 Å². The summed E-state index contributed by atoms with van der Waals surface area (Å²) in [5.41, 5.74) is 5.21. The fourth-order valence-corrected chi connectivity index (χ4v) is 13.1. The van der Waals surface area contributed by atoms with Crippen molar-refractivity contribution in [2.24, 2.45) is 10.8 Å². The van der Waals surface area contributed by atoms with Crippen LogP contribution in [0.4, 0.5) is 24.5 Å². The van der Waals surface area contributed by atoms with E-state index in [4.69, 9.17) is 28.3 Å². The molecule has 83 heavy (non-hydrogen) atoms. The quantitative estimate of drug-likeness (QED) is 0.0825. The zero-order valence-electron chi connectivity index (χ0n) is 45.5. The lowest BCUT2D eigenvalue weighted by molar-refractivity contribution is -0.184. The fraction of sp³-hybridized carbons (Fsp3) is 0.450. The van der Waals surface area contributed by atoms with Crippen LogP contribution in [-0.4, -0.2) is 117 Å². The smallest absolute Gasteiger partial charge is 0.317 e. The summed E-state index contributed by atoms with van der Waals surface area (Å²) < 4.78 is 39.0. The van der Waals surface area contributed by atoms with Crippen molar-refractivity contribution in [1.82, 2.24) is 40.4 Å². The fourth-order valence-electron chi connectivity index (χ4n) is 12.7. The number of piperidine rings is 4. The Morgan fingerprint density at radius 1 is 0.627 bits per heavy atom. The normalized spacial score (nSPS) is 22.0. The molecule has 6 aliphatic heterocycles. The van der Waals surface area contributed by atoms with Gasteiger partial charge in [-0.1, -0.05) is 66.5 Å². The van der Waals surface area contributed by atoms with Gasteiger partial charge in [0.2, 0.25) is 23.6 Å². The monoisotopic (exact) mass is 1200 g/mol. The average Bonchev–Trinajstić information content (AvgIpc) is 4.49. The minimum atomic E-state index is -4.31. The second kappa shape index (κ2) is 22.7. The van der Waals surface area contributed by atoms with Gasteiger partial charge in [-0.05, 0) is 129 Å². The minimum Gasteiger partial charge on any atom is -0.317 e. The number of anilines is 2. The summed E-state index contributed by atoms with van der Waals surface area (Å²) in [6, 6.07) is 18.5. The third-order valence-corrected chi connectivity index (χ3v) is 18.5. The number of hydrogen-bond acceptors (Lipinski definition) is 11. The number of nitrogens with one attached hydrogen (secondary N) is 3. The van der Waals surface area contributed by atoms with Gasteiger partial charge in [-0.15, -0.1) is 12.4 Å². The van der Waals surface area contributed by atoms with E-state index in [1.165, 1.54) is 19.4 Å². The van der Waals surface area contributed by atoms with Gasteiger partial charge in [-0.2, -0.15) is 23.4 Å².